The minimum absolute atomic E-state index is 0.0384. The van der Waals surface area contributed by atoms with Gasteiger partial charge in [0.2, 0.25) is 5.91 Å². The van der Waals surface area contributed by atoms with E-state index in [0.717, 1.165) is 6.42 Å². The molecule has 3 atom stereocenters. The second-order valence-corrected chi connectivity index (χ2v) is 6.73. The summed E-state index contributed by atoms with van der Waals surface area (Å²) < 4.78 is 22.5. The Balaban J connectivity index is 2.57. The van der Waals surface area contributed by atoms with Crippen molar-refractivity contribution in [3.8, 4) is 0 Å². The van der Waals surface area contributed by atoms with Gasteiger partial charge in [-0.15, -0.1) is 11.6 Å². The predicted octanol–water partition coefficient (Wildman–Crippen LogP) is 0.553. The fraction of sp³-hybridized carbons (Fsp3) is 0.889. The van der Waals surface area contributed by atoms with Gasteiger partial charge < -0.3 is 5.32 Å². The van der Waals surface area contributed by atoms with Crippen molar-refractivity contribution < 1.29 is 13.2 Å². The fourth-order valence-corrected chi connectivity index (χ4v) is 4.00. The Morgan fingerprint density at radius 3 is 2.53 bits per heavy atom. The van der Waals surface area contributed by atoms with Crippen LogP contribution < -0.4 is 5.32 Å². The van der Waals surface area contributed by atoms with Crippen LogP contribution >= 0.6 is 11.6 Å². The van der Waals surface area contributed by atoms with E-state index in [1.807, 2.05) is 13.8 Å². The van der Waals surface area contributed by atoms with E-state index in [1.165, 1.54) is 0 Å². The molecule has 0 unspecified atom stereocenters. The number of hydrogen-bond donors (Lipinski definition) is 1. The summed E-state index contributed by atoms with van der Waals surface area (Å²) in [5, 5.41) is 2.19. The molecule has 1 amide bonds. The Morgan fingerprint density at radius 1 is 1.53 bits per heavy atom. The third-order valence-electron chi connectivity index (χ3n) is 2.67. The highest BCUT2D eigenvalue weighted by Gasteiger charge is 2.37. The summed E-state index contributed by atoms with van der Waals surface area (Å²) >= 11 is 5.86. The second kappa shape index (κ2) is 4.70. The fourth-order valence-electron chi connectivity index (χ4n) is 1.45. The van der Waals surface area contributed by atoms with Gasteiger partial charge in [-0.25, -0.2) is 8.42 Å². The number of amides is 1. The number of sulfone groups is 1. The molecule has 0 aromatic heterocycles. The predicted molar refractivity (Wildman–Crippen MR) is 59.7 cm³/mol. The summed E-state index contributed by atoms with van der Waals surface area (Å²) in [5.41, 5.74) is 0. The SMILES string of the molecule is CC[C@H](C)C(=O)N[C@H]1CS(=O)(=O)C[C@@H]1Cl. The zero-order chi connectivity index (χ0) is 11.6. The molecule has 0 aromatic rings. The Morgan fingerprint density at radius 2 is 2.13 bits per heavy atom. The minimum Gasteiger partial charge on any atom is -0.351 e. The maximum atomic E-state index is 11.5. The van der Waals surface area contributed by atoms with E-state index >= 15 is 0 Å². The van der Waals surface area contributed by atoms with Crippen LogP contribution in [0.2, 0.25) is 0 Å². The number of rotatable bonds is 3. The van der Waals surface area contributed by atoms with Crippen molar-refractivity contribution in [2.45, 2.75) is 31.7 Å². The van der Waals surface area contributed by atoms with Gasteiger partial charge in [-0.3, -0.25) is 4.79 Å². The molecular formula is C9H16ClNO3S. The average Bonchev–Trinajstić information content (AvgIpc) is 2.38. The first-order valence-electron chi connectivity index (χ1n) is 5.00. The van der Waals surface area contributed by atoms with E-state index < -0.39 is 21.3 Å². The molecule has 6 heteroatoms. The largest absolute Gasteiger partial charge is 0.351 e. The van der Waals surface area contributed by atoms with Crippen LogP contribution in [-0.4, -0.2) is 37.2 Å². The van der Waals surface area contributed by atoms with E-state index in [9.17, 15) is 13.2 Å². The van der Waals surface area contributed by atoms with Crippen molar-refractivity contribution in [3.63, 3.8) is 0 Å². The molecule has 1 saturated heterocycles. The molecule has 0 radical (unpaired) electrons. The molecule has 1 aliphatic heterocycles. The standard InChI is InChI=1S/C9H16ClNO3S/c1-3-6(2)9(12)11-8-5-15(13,14)4-7(8)10/h6-8H,3-5H2,1-2H3,(H,11,12)/t6-,7-,8-/m0/s1. The lowest BCUT2D eigenvalue weighted by Crippen LogP contribution is -2.42. The molecule has 1 aliphatic rings. The van der Waals surface area contributed by atoms with Crippen LogP contribution in [0.3, 0.4) is 0 Å². The van der Waals surface area contributed by atoms with Crippen LogP contribution in [0.5, 0.6) is 0 Å². The summed E-state index contributed by atoms with van der Waals surface area (Å²) in [6, 6.07) is -0.432. The minimum atomic E-state index is -3.07. The van der Waals surface area contributed by atoms with Gasteiger partial charge in [-0.1, -0.05) is 13.8 Å². The maximum Gasteiger partial charge on any atom is 0.223 e. The molecule has 4 nitrogen and oxygen atoms in total. The van der Waals surface area contributed by atoms with Gasteiger partial charge in [0.05, 0.1) is 22.9 Å². The molecular weight excluding hydrogens is 238 g/mol. The molecule has 0 aliphatic carbocycles. The molecule has 1 fully saturated rings. The normalized spacial score (nSPS) is 31.1. The lowest BCUT2D eigenvalue weighted by molar-refractivity contribution is -0.125. The van der Waals surface area contributed by atoms with Crippen molar-refractivity contribution in [2.75, 3.05) is 11.5 Å². The molecule has 0 bridgehead atoms. The molecule has 0 saturated carbocycles. The van der Waals surface area contributed by atoms with E-state index in [-0.39, 0.29) is 23.3 Å². The third kappa shape index (κ3) is 3.34. The molecule has 1 N–H and O–H groups in total. The van der Waals surface area contributed by atoms with Crippen LogP contribution in [0.4, 0.5) is 0 Å². The van der Waals surface area contributed by atoms with Crippen molar-refractivity contribution >= 4 is 27.3 Å². The molecule has 1 rings (SSSR count). The van der Waals surface area contributed by atoms with Gasteiger partial charge in [-0.2, -0.15) is 0 Å². The smallest absolute Gasteiger partial charge is 0.223 e. The Kier molecular flexibility index (Phi) is 4.00. The number of hydrogen-bond acceptors (Lipinski definition) is 3. The van der Waals surface area contributed by atoms with Crippen LogP contribution in [0.25, 0.3) is 0 Å². The van der Waals surface area contributed by atoms with Crippen LogP contribution in [0.1, 0.15) is 20.3 Å². The van der Waals surface area contributed by atoms with Crippen LogP contribution in [-0.2, 0) is 14.6 Å². The van der Waals surface area contributed by atoms with Crippen molar-refractivity contribution in [1.82, 2.24) is 5.32 Å². The summed E-state index contributed by atoms with van der Waals surface area (Å²) in [6.07, 6.45) is 0.734. The summed E-state index contributed by atoms with van der Waals surface area (Å²) in [4.78, 5) is 11.5. The first kappa shape index (κ1) is 12.8. The average molecular weight is 254 g/mol. The Bertz CT molecular complexity index is 341. The second-order valence-electron chi connectivity index (χ2n) is 4.02. The highest BCUT2D eigenvalue weighted by atomic mass is 35.5. The third-order valence-corrected chi connectivity index (χ3v) is 5.05. The van der Waals surface area contributed by atoms with Crippen molar-refractivity contribution in [3.05, 3.63) is 0 Å². The van der Waals surface area contributed by atoms with Gasteiger partial charge in [0.15, 0.2) is 9.84 Å². The molecule has 88 valence electrons. The maximum absolute atomic E-state index is 11.5. The van der Waals surface area contributed by atoms with E-state index in [1.54, 1.807) is 0 Å². The van der Waals surface area contributed by atoms with E-state index in [4.69, 9.17) is 11.6 Å². The zero-order valence-corrected chi connectivity index (χ0v) is 10.4. The van der Waals surface area contributed by atoms with Gasteiger partial charge in [0.25, 0.3) is 0 Å². The molecule has 0 aromatic carbocycles. The first-order valence-corrected chi connectivity index (χ1v) is 7.26. The Hall–Kier alpha value is -0.290. The van der Waals surface area contributed by atoms with Gasteiger partial charge in [0.1, 0.15) is 0 Å². The lowest BCUT2D eigenvalue weighted by atomic mass is 10.1. The summed E-state index contributed by atoms with van der Waals surface area (Å²) in [7, 11) is -3.07. The van der Waals surface area contributed by atoms with Crippen molar-refractivity contribution in [2.24, 2.45) is 5.92 Å². The Labute approximate surface area is 95.3 Å². The number of halogens is 1. The van der Waals surface area contributed by atoms with Gasteiger partial charge in [0, 0.05) is 5.92 Å². The number of alkyl halides is 1. The van der Waals surface area contributed by atoms with Crippen LogP contribution in [0, 0.1) is 5.92 Å². The monoisotopic (exact) mass is 253 g/mol. The molecule has 0 spiro atoms. The molecule has 15 heavy (non-hydrogen) atoms. The van der Waals surface area contributed by atoms with E-state index in [0.29, 0.717) is 0 Å². The highest BCUT2D eigenvalue weighted by Crippen LogP contribution is 2.18. The molecule has 1 heterocycles. The highest BCUT2D eigenvalue weighted by molar-refractivity contribution is 7.91. The van der Waals surface area contributed by atoms with Crippen LogP contribution in [0.15, 0.2) is 0 Å². The van der Waals surface area contributed by atoms with Gasteiger partial charge in [-0.05, 0) is 6.42 Å². The van der Waals surface area contributed by atoms with Gasteiger partial charge >= 0.3 is 0 Å². The topological polar surface area (TPSA) is 63.2 Å². The number of carbonyl (C=O) groups is 1. The van der Waals surface area contributed by atoms with Crippen molar-refractivity contribution in [1.29, 1.82) is 0 Å². The quantitative estimate of drug-likeness (QED) is 0.748. The number of nitrogens with one attached hydrogen (secondary N) is 1. The van der Waals surface area contributed by atoms with E-state index in [2.05, 4.69) is 5.32 Å². The first-order chi connectivity index (χ1) is 6.85. The zero-order valence-electron chi connectivity index (χ0n) is 8.86. The summed E-state index contributed by atoms with van der Waals surface area (Å²) in [6.45, 7) is 3.72. The summed E-state index contributed by atoms with van der Waals surface area (Å²) in [5.74, 6) is -0.300. The lowest BCUT2D eigenvalue weighted by Gasteiger charge is -2.17. The number of carbonyl (C=O) groups excluding carboxylic acids is 1.